The number of carbonyl (C=O) groups excluding carboxylic acids is 2. The molecule has 2 aliphatic heterocycles. The maximum absolute atomic E-state index is 12.5. The van der Waals surface area contributed by atoms with Crippen molar-refractivity contribution in [1.29, 1.82) is 0 Å². The zero-order valence-corrected chi connectivity index (χ0v) is 16.0. The third-order valence-electron chi connectivity index (χ3n) is 5.70. The van der Waals surface area contributed by atoms with Gasteiger partial charge in [-0.2, -0.15) is 0 Å². The molecule has 0 aliphatic carbocycles. The van der Waals surface area contributed by atoms with Crippen molar-refractivity contribution in [2.24, 2.45) is 5.92 Å². The Morgan fingerprint density at radius 2 is 2.00 bits per heavy atom. The summed E-state index contributed by atoms with van der Waals surface area (Å²) in [6.45, 7) is 8.78. The minimum Gasteiger partial charge on any atom is -0.441 e. The second kappa shape index (κ2) is 7.68. The maximum atomic E-state index is 12.5. The number of amides is 2. The molecule has 0 bridgehead atoms. The molecule has 1 aromatic heterocycles. The van der Waals surface area contributed by atoms with Crippen LogP contribution in [0.4, 0.5) is 4.79 Å². The van der Waals surface area contributed by atoms with Gasteiger partial charge in [-0.3, -0.25) is 4.79 Å². The first kappa shape index (κ1) is 18.7. The summed E-state index contributed by atoms with van der Waals surface area (Å²) in [6, 6.07) is 1.79. The van der Waals surface area contributed by atoms with Gasteiger partial charge in [0.25, 0.3) is 0 Å². The van der Waals surface area contributed by atoms with E-state index in [4.69, 9.17) is 9.26 Å². The molecule has 2 aliphatic rings. The van der Waals surface area contributed by atoms with Crippen molar-refractivity contribution in [3.63, 3.8) is 0 Å². The average molecular weight is 363 g/mol. The average Bonchev–Trinajstić information content (AvgIpc) is 3.16. The number of aromatic nitrogens is 1. The molecule has 2 amide bonds. The zero-order chi connectivity index (χ0) is 18.7. The highest BCUT2D eigenvalue weighted by Gasteiger charge is 2.47. The largest absolute Gasteiger partial charge is 0.441 e. The van der Waals surface area contributed by atoms with E-state index < -0.39 is 5.60 Å². The van der Waals surface area contributed by atoms with Crippen molar-refractivity contribution in [3.8, 4) is 0 Å². The molecule has 7 heteroatoms. The van der Waals surface area contributed by atoms with Gasteiger partial charge in [-0.15, -0.1) is 0 Å². The monoisotopic (exact) mass is 363 g/mol. The minimum atomic E-state index is -0.428. The number of hydrogen-bond donors (Lipinski definition) is 0. The van der Waals surface area contributed by atoms with E-state index in [2.05, 4.69) is 19.0 Å². The highest BCUT2D eigenvalue weighted by Crippen LogP contribution is 2.34. The number of hydrogen-bond acceptors (Lipinski definition) is 5. The molecule has 7 nitrogen and oxygen atoms in total. The highest BCUT2D eigenvalue weighted by molar-refractivity contribution is 5.78. The number of ether oxygens (including phenoxy) is 1. The Morgan fingerprint density at radius 3 is 2.58 bits per heavy atom. The van der Waals surface area contributed by atoms with Crippen molar-refractivity contribution in [2.75, 3.05) is 26.2 Å². The summed E-state index contributed by atoms with van der Waals surface area (Å²) in [6.07, 6.45) is 3.55. The van der Waals surface area contributed by atoms with E-state index in [9.17, 15) is 9.59 Å². The van der Waals surface area contributed by atoms with Gasteiger partial charge in [0.2, 0.25) is 5.91 Å². The van der Waals surface area contributed by atoms with Gasteiger partial charge in [-0.1, -0.05) is 31.8 Å². The molecular formula is C19H29N3O4. The second-order valence-corrected chi connectivity index (χ2v) is 7.61. The highest BCUT2D eigenvalue weighted by atomic mass is 16.6. The topological polar surface area (TPSA) is 75.9 Å². The quantitative estimate of drug-likeness (QED) is 0.777. The molecule has 0 radical (unpaired) electrons. The first-order valence-corrected chi connectivity index (χ1v) is 9.62. The standard InChI is InChI=1S/C19H29N3O4/c1-4-15(5-2)12-22-13-19(25-18(22)24)6-8-21(9-7-19)17(23)11-16-10-14(3)20-26-16/h10,15H,4-9,11-13H2,1-3H3. The predicted molar refractivity (Wildman–Crippen MR) is 95.6 cm³/mol. The lowest BCUT2D eigenvalue weighted by Gasteiger charge is -2.37. The van der Waals surface area contributed by atoms with Crippen LogP contribution in [0.3, 0.4) is 0 Å². The van der Waals surface area contributed by atoms with Gasteiger partial charge < -0.3 is 19.1 Å². The number of aryl methyl sites for hydroxylation is 1. The lowest BCUT2D eigenvalue weighted by atomic mass is 9.90. The zero-order valence-electron chi connectivity index (χ0n) is 16.0. The van der Waals surface area contributed by atoms with Crippen molar-refractivity contribution in [2.45, 2.75) is 58.5 Å². The Kier molecular flexibility index (Phi) is 5.53. The molecule has 26 heavy (non-hydrogen) atoms. The molecule has 0 saturated carbocycles. The fourth-order valence-electron chi connectivity index (χ4n) is 3.88. The van der Waals surface area contributed by atoms with Gasteiger partial charge in [0.15, 0.2) is 0 Å². The van der Waals surface area contributed by atoms with Crippen molar-refractivity contribution >= 4 is 12.0 Å². The van der Waals surface area contributed by atoms with E-state index in [1.807, 2.05) is 16.7 Å². The van der Waals surface area contributed by atoms with Crippen LogP contribution < -0.4 is 0 Å². The normalized spacial score (nSPS) is 19.5. The Bertz CT molecular complexity index is 645. The molecule has 0 N–H and O–H groups in total. The Hall–Kier alpha value is -2.05. The number of likely N-dealkylation sites (tertiary alicyclic amines) is 1. The van der Waals surface area contributed by atoms with Gasteiger partial charge >= 0.3 is 6.09 Å². The van der Waals surface area contributed by atoms with Crippen LogP contribution in [0, 0.1) is 12.8 Å². The van der Waals surface area contributed by atoms with E-state index in [1.54, 1.807) is 6.07 Å². The summed E-state index contributed by atoms with van der Waals surface area (Å²) < 4.78 is 10.9. The van der Waals surface area contributed by atoms with Gasteiger partial charge in [0.05, 0.1) is 18.7 Å². The molecule has 0 unspecified atom stereocenters. The van der Waals surface area contributed by atoms with Crippen LogP contribution in [0.5, 0.6) is 0 Å². The number of carbonyl (C=O) groups is 2. The number of nitrogens with zero attached hydrogens (tertiary/aromatic N) is 3. The summed E-state index contributed by atoms with van der Waals surface area (Å²) >= 11 is 0. The van der Waals surface area contributed by atoms with Gasteiger partial charge in [-0.25, -0.2) is 4.79 Å². The lowest BCUT2D eigenvalue weighted by molar-refractivity contribution is -0.134. The molecule has 144 valence electrons. The molecule has 3 heterocycles. The van der Waals surface area contributed by atoms with Crippen molar-refractivity contribution < 1.29 is 18.8 Å². The van der Waals surface area contributed by atoms with Gasteiger partial charge in [-0.05, 0) is 12.8 Å². The molecule has 3 rings (SSSR count). The second-order valence-electron chi connectivity index (χ2n) is 7.61. The summed E-state index contributed by atoms with van der Waals surface area (Å²) in [5.74, 6) is 1.15. The van der Waals surface area contributed by atoms with Gasteiger partial charge in [0, 0.05) is 38.5 Å². The summed E-state index contributed by atoms with van der Waals surface area (Å²) in [5.41, 5.74) is 0.351. The Morgan fingerprint density at radius 1 is 1.31 bits per heavy atom. The third-order valence-corrected chi connectivity index (χ3v) is 5.70. The molecular weight excluding hydrogens is 334 g/mol. The van der Waals surface area contributed by atoms with E-state index >= 15 is 0 Å². The maximum Gasteiger partial charge on any atom is 0.410 e. The summed E-state index contributed by atoms with van der Waals surface area (Å²) in [5, 5.41) is 3.82. The van der Waals surface area contributed by atoms with Crippen molar-refractivity contribution in [3.05, 3.63) is 17.5 Å². The first-order chi connectivity index (χ1) is 12.4. The molecule has 1 aromatic rings. The molecule has 2 saturated heterocycles. The summed E-state index contributed by atoms with van der Waals surface area (Å²) in [4.78, 5) is 28.4. The van der Waals surface area contributed by atoms with Crippen molar-refractivity contribution in [1.82, 2.24) is 15.0 Å². The van der Waals surface area contributed by atoms with Crippen LogP contribution in [0.2, 0.25) is 0 Å². The van der Waals surface area contributed by atoms with E-state index in [-0.39, 0.29) is 18.4 Å². The van der Waals surface area contributed by atoms with Crippen LogP contribution in [-0.2, 0) is 16.0 Å². The number of rotatable bonds is 6. The van der Waals surface area contributed by atoms with Crippen LogP contribution in [0.25, 0.3) is 0 Å². The van der Waals surface area contributed by atoms with Crippen LogP contribution in [0.1, 0.15) is 51.0 Å². The Labute approximate surface area is 154 Å². The third kappa shape index (κ3) is 4.02. The first-order valence-electron chi connectivity index (χ1n) is 9.62. The van der Waals surface area contributed by atoms with E-state index in [0.717, 1.165) is 25.1 Å². The van der Waals surface area contributed by atoms with Crippen LogP contribution in [0.15, 0.2) is 10.6 Å². The van der Waals surface area contributed by atoms with Crippen LogP contribution >= 0.6 is 0 Å². The SMILES string of the molecule is CCC(CC)CN1CC2(CCN(C(=O)Cc3cc(C)no3)CC2)OC1=O. The van der Waals surface area contributed by atoms with Crippen LogP contribution in [-0.4, -0.2) is 58.7 Å². The van der Waals surface area contributed by atoms with E-state index in [1.165, 1.54) is 0 Å². The molecule has 0 aromatic carbocycles. The fourth-order valence-corrected chi connectivity index (χ4v) is 3.88. The molecule has 1 spiro atoms. The molecule has 2 fully saturated rings. The summed E-state index contributed by atoms with van der Waals surface area (Å²) in [7, 11) is 0. The molecule has 0 atom stereocenters. The number of piperidine rings is 1. The predicted octanol–water partition coefficient (Wildman–Crippen LogP) is 2.78. The smallest absolute Gasteiger partial charge is 0.410 e. The fraction of sp³-hybridized carbons (Fsp3) is 0.737. The Balaban J connectivity index is 1.53. The van der Waals surface area contributed by atoms with Gasteiger partial charge in [0.1, 0.15) is 11.4 Å². The minimum absolute atomic E-state index is 0.0363. The van der Waals surface area contributed by atoms with E-state index in [0.29, 0.717) is 44.2 Å². The lowest BCUT2D eigenvalue weighted by Crippen LogP contribution is -2.49.